The fourth-order valence-electron chi connectivity index (χ4n) is 3.51. The zero-order valence-electron chi connectivity index (χ0n) is 15.2. The molecule has 27 heavy (non-hydrogen) atoms. The third kappa shape index (κ3) is 5.06. The number of hydrogen-bond acceptors (Lipinski definition) is 3. The maximum atomic E-state index is 12.3. The van der Waals surface area contributed by atoms with Gasteiger partial charge in [-0.3, -0.25) is 14.4 Å². The van der Waals surface area contributed by atoms with Crippen LogP contribution in [-0.2, 0) is 9.59 Å². The molecule has 0 saturated carbocycles. The number of carboxylic acids is 1. The first kappa shape index (κ1) is 18.9. The average Bonchev–Trinajstić information content (AvgIpc) is 2.67. The van der Waals surface area contributed by atoms with Crippen LogP contribution in [0.4, 0.5) is 0 Å². The predicted molar refractivity (Wildman–Crippen MR) is 102 cm³/mol. The van der Waals surface area contributed by atoms with Gasteiger partial charge >= 0.3 is 5.97 Å². The van der Waals surface area contributed by atoms with Crippen LogP contribution < -0.4 is 5.32 Å². The Morgan fingerprint density at radius 3 is 2.44 bits per heavy atom. The first-order valence-corrected chi connectivity index (χ1v) is 9.29. The van der Waals surface area contributed by atoms with Gasteiger partial charge in [0.05, 0.1) is 0 Å². The van der Waals surface area contributed by atoms with E-state index in [9.17, 15) is 14.4 Å². The minimum Gasteiger partial charge on any atom is -0.481 e. The Morgan fingerprint density at radius 1 is 1.04 bits per heavy atom. The lowest BCUT2D eigenvalue weighted by molar-refractivity contribution is -0.138. The number of carbonyl (C=O) groups excluding carboxylic acids is 2. The summed E-state index contributed by atoms with van der Waals surface area (Å²) >= 11 is 0. The van der Waals surface area contributed by atoms with Crippen molar-refractivity contribution in [1.82, 2.24) is 10.2 Å². The molecule has 2 amide bonds. The van der Waals surface area contributed by atoms with Crippen LogP contribution >= 0.6 is 0 Å². The van der Waals surface area contributed by atoms with Gasteiger partial charge in [0.15, 0.2) is 0 Å². The van der Waals surface area contributed by atoms with Gasteiger partial charge in [0.1, 0.15) is 0 Å². The first-order valence-electron chi connectivity index (χ1n) is 9.29. The number of carbonyl (C=O) groups is 3. The number of nitrogens with zero attached hydrogens (tertiary/aromatic N) is 1. The second-order valence-electron chi connectivity index (χ2n) is 6.99. The Kier molecular flexibility index (Phi) is 6.06. The van der Waals surface area contributed by atoms with Crippen molar-refractivity contribution in [3.8, 4) is 0 Å². The van der Waals surface area contributed by atoms with Crippen LogP contribution in [0.5, 0.6) is 0 Å². The summed E-state index contributed by atoms with van der Waals surface area (Å²) in [5.74, 6) is -0.813. The molecule has 0 radical (unpaired) electrons. The minimum absolute atomic E-state index is 0.00239. The molecule has 2 aromatic rings. The summed E-state index contributed by atoms with van der Waals surface area (Å²) in [6, 6.07) is 13.4. The fraction of sp³-hybridized carbons (Fsp3) is 0.381. The maximum Gasteiger partial charge on any atom is 0.303 e. The van der Waals surface area contributed by atoms with Gasteiger partial charge in [0.2, 0.25) is 5.91 Å². The highest BCUT2D eigenvalue weighted by Crippen LogP contribution is 2.21. The molecule has 6 nitrogen and oxygen atoms in total. The third-order valence-electron chi connectivity index (χ3n) is 5.07. The molecule has 3 rings (SSSR count). The van der Waals surface area contributed by atoms with Crippen LogP contribution in [0.1, 0.15) is 36.0 Å². The minimum atomic E-state index is -0.781. The van der Waals surface area contributed by atoms with Crippen molar-refractivity contribution in [2.75, 3.05) is 19.6 Å². The Bertz CT molecular complexity index is 841. The number of nitrogens with one attached hydrogen (secondary N) is 1. The van der Waals surface area contributed by atoms with E-state index in [-0.39, 0.29) is 30.6 Å². The second-order valence-corrected chi connectivity index (χ2v) is 6.99. The van der Waals surface area contributed by atoms with Crippen LogP contribution in [-0.4, -0.2) is 47.4 Å². The summed E-state index contributed by atoms with van der Waals surface area (Å²) < 4.78 is 0. The van der Waals surface area contributed by atoms with Crippen molar-refractivity contribution in [3.63, 3.8) is 0 Å². The highest BCUT2D eigenvalue weighted by Gasteiger charge is 2.24. The zero-order valence-corrected chi connectivity index (χ0v) is 15.2. The third-order valence-corrected chi connectivity index (χ3v) is 5.07. The predicted octanol–water partition coefficient (Wildman–Crippen LogP) is 2.67. The number of benzene rings is 2. The van der Waals surface area contributed by atoms with Crippen molar-refractivity contribution in [1.29, 1.82) is 0 Å². The molecule has 1 aliphatic rings. The van der Waals surface area contributed by atoms with E-state index in [1.165, 1.54) is 0 Å². The molecule has 2 N–H and O–H groups in total. The van der Waals surface area contributed by atoms with Crippen molar-refractivity contribution in [2.45, 2.75) is 25.7 Å². The number of rotatable bonds is 6. The highest BCUT2D eigenvalue weighted by atomic mass is 16.4. The lowest BCUT2D eigenvalue weighted by Gasteiger charge is -2.31. The van der Waals surface area contributed by atoms with Gasteiger partial charge < -0.3 is 15.3 Å². The van der Waals surface area contributed by atoms with Gasteiger partial charge in [-0.25, -0.2) is 0 Å². The van der Waals surface area contributed by atoms with Crippen LogP contribution in [0.25, 0.3) is 10.8 Å². The van der Waals surface area contributed by atoms with Gasteiger partial charge in [-0.2, -0.15) is 0 Å². The van der Waals surface area contributed by atoms with Crippen molar-refractivity contribution in [2.24, 2.45) is 5.92 Å². The Morgan fingerprint density at radius 2 is 1.74 bits per heavy atom. The van der Waals surface area contributed by atoms with Crippen LogP contribution in [0, 0.1) is 5.92 Å². The molecule has 0 atom stereocenters. The maximum absolute atomic E-state index is 12.3. The van der Waals surface area contributed by atoms with E-state index in [0.717, 1.165) is 23.6 Å². The summed E-state index contributed by atoms with van der Waals surface area (Å²) in [7, 11) is 0. The molecule has 1 heterocycles. The van der Waals surface area contributed by atoms with Crippen LogP contribution in [0.3, 0.4) is 0 Å². The number of aliphatic carboxylic acids is 1. The number of fused-ring (bicyclic) bond motifs is 1. The molecule has 0 spiro atoms. The van der Waals surface area contributed by atoms with Crippen molar-refractivity contribution in [3.05, 3.63) is 48.0 Å². The molecular weight excluding hydrogens is 344 g/mol. The number of hydrogen-bond donors (Lipinski definition) is 2. The number of carboxylic acid groups (broad SMARTS) is 1. The average molecular weight is 368 g/mol. The van der Waals surface area contributed by atoms with Gasteiger partial charge in [-0.05, 0) is 41.7 Å². The lowest BCUT2D eigenvalue weighted by Crippen LogP contribution is -2.40. The summed E-state index contributed by atoms with van der Waals surface area (Å²) in [6.45, 7) is 1.48. The van der Waals surface area contributed by atoms with Gasteiger partial charge in [-0.15, -0.1) is 0 Å². The smallest absolute Gasteiger partial charge is 0.303 e. The Labute approximate surface area is 158 Å². The van der Waals surface area contributed by atoms with E-state index in [1.54, 1.807) is 11.0 Å². The Hall–Kier alpha value is -2.89. The van der Waals surface area contributed by atoms with Crippen molar-refractivity contribution >= 4 is 28.6 Å². The SMILES string of the molecule is O=C(O)CC1CCN(C(=O)CCNC(=O)c2ccc3ccccc3c2)CC1. The van der Waals surface area contributed by atoms with E-state index < -0.39 is 5.97 Å². The summed E-state index contributed by atoms with van der Waals surface area (Å²) in [5, 5.41) is 13.7. The molecule has 6 heteroatoms. The standard InChI is InChI=1S/C21H24N2O4/c24-19(23-11-8-15(9-12-23)13-20(25)26)7-10-22-21(27)18-6-5-16-3-1-2-4-17(16)14-18/h1-6,14-15H,7-13H2,(H,22,27)(H,25,26). The van der Waals surface area contributed by atoms with Gasteiger partial charge in [0, 0.05) is 38.0 Å². The fourth-order valence-corrected chi connectivity index (χ4v) is 3.51. The number of amides is 2. The van der Waals surface area contributed by atoms with Gasteiger partial charge in [0.25, 0.3) is 5.91 Å². The number of likely N-dealkylation sites (tertiary alicyclic amines) is 1. The zero-order chi connectivity index (χ0) is 19.2. The largest absolute Gasteiger partial charge is 0.481 e. The van der Waals surface area contributed by atoms with Crippen LogP contribution in [0.2, 0.25) is 0 Å². The molecule has 2 aromatic carbocycles. The van der Waals surface area contributed by atoms with Crippen LogP contribution in [0.15, 0.2) is 42.5 Å². The molecule has 0 bridgehead atoms. The molecular formula is C21H24N2O4. The lowest BCUT2D eigenvalue weighted by atomic mass is 9.93. The van der Waals surface area contributed by atoms with E-state index >= 15 is 0 Å². The van der Waals surface area contributed by atoms with E-state index in [1.807, 2.05) is 36.4 Å². The first-order chi connectivity index (χ1) is 13.0. The van der Waals surface area contributed by atoms with Crippen molar-refractivity contribution < 1.29 is 19.5 Å². The molecule has 0 aliphatic carbocycles. The molecule has 1 fully saturated rings. The quantitative estimate of drug-likeness (QED) is 0.821. The Balaban J connectivity index is 1.44. The normalized spacial score (nSPS) is 14.9. The molecule has 1 aliphatic heterocycles. The monoisotopic (exact) mass is 368 g/mol. The summed E-state index contributed by atoms with van der Waals surface area (Å²) in [6.07, 6.45) is 1.87. The summed E-state index contributed by atoms with van der Waals surface area (Å²) in [5.41, 5.74) is 0.579. The van der Waals surface area contributed by atoms with Gasteiger partial charge in [-0.1, -0.05) is 30.3 Å². The van der Waals surface area contributed by atoms with E-state index in [4.69, 9.17) is 5.11 Å². The number of piperidine rings is 1. The molecule has 1 saturated heterocycles. The molecule has 0 aromatic heterocycles. The summed E-state index contributed by atoms with van der Waals surface area (Å²) in [4.78, 5) is 37.1. The van der Waals surface area contributed by atoms with E-state index in [2.05, 4.69) is 5.32 Å². The topological polar surface area (TPSA) is 86.7 Å². The second kappa shape index (κ2) is 8.66. The molecule has 0 unspecified atom stereocenters. The molecule has 142 valence electrons. The highest BCUT2D eigenvalue weighted by molar-refractivity contribution is 5.98. The van der Waals surface area contributed by atoms with E-state index in [0.29, 0.717) is 25.2 Å².